The number of nitrogens with zero attached hydrogens (tertiary/aromatic N) is 3. The molecule has 1 aliphatic rings. The second kappa shape index (κ2) is 7.21. The number of aliphatic hydroxyl groups excluding tert-OH is 3. The van der Waals surface area contributed by atoms with E-state index in [0.29, 0.717) is 0 Å². The molecule has 0 spiro atoms. The van der Waals surface area contributed by atoms with E-state index in [2.05, 4.69) is 10.0 Å². The van der Waals surface area contributed by atoms with Crippen LogP contribution in [0.15, 0.2) is 35.4 Å². The Kier molecular flexibility index (Phi) is 5.31. The Hall–Kier alpha value is -2.16. The first-order chi connectivity index (χ1) is 10.6. The predicted octanol–water partition coefficient (Wildman–Crippen LogP) is -0.0387. The second-order valence-electron chi connectivity index (χ2n) is 4.67. The molecule has 0 saturated carbocycles. The number of rotatable bonds is 4. The van der Waals surface area contributed by atoms with Gasteiger partial charge in [0.05, 0.1) is 12.2 Å². The number of esters is 1. The Morgan fingerprint density at radius 1 is 1.32 bits per heavy atom. The average Bonchev–Trinajstić information content (AvgIpc) is 2.55. The number of ether oxygens (including phenoxy) is 2. The predicted molar refractivity (Wildman–Crippen MR) is 72.6 cm³/mol. The van der Waals surface area contributed by atoms with Crippen LogP contribution in [-0.2, 0) is 9.47 Å². The summed E-state index contributed by atoms with van der Waals surface area (Å²) in [5, 5.41) is 32.2. The van der Waals surface area contributed by atoms with E-state index in [1.54, 1.807) is 18.2 Å². The lowest BCUT2D eigenvalue weighted by molar-refractivity contribution is -0.227. The van der Waals surface area contributed by atoms with Crippen molar-refractivity contribution >= 4 is 5.97 Å². The SMILES string of the molecule is [N-]=[N+]=N[C@@H]1OC(CO)[C@H](O)[C@H](O)C1OC(=O)c1ccccc1. The summed E-state index contributed by atoms with van der Waals surface area (Å²) in [5.74, 6) is -0.763. The highest BCUT2D eigenvalue weighted by atomic mass is 16.6. The summed E-state index contributed by atoms with van der Waals surface area (Å²) in [7, 11) is 0. The summed E-state index contributed by atoms with van der Waals surface area (Å²) in [6.07, 6.45) is -6.93. The molecule has 9 nitrogen and oxygen atoms in total. The third-order valence-corrected chi connectivity index (χ3v) is 3.26. The smallest absolute Gasteiger partial charge is 0.338 e. The fraction of sp³-hybridized carbons (Fsp3) is 0.462. The first kappa shape index (κ1) is 16.2. The van der Waals surface area contributed by atoms with Gasteiger partial charge >= 0.3 is 5.97 Å². The molecule has 1 aromatic rings. The average molecular weight is 309 g/mol. The van der Waals surface area contributed by atoms with E-state index in [1.165, 1.54) is 12.1 Å². The Bertz CT molecular complexity index is 562. The fourth-order valence-corrected chi connectivity index (χ4v) is 2.11. The van der Waals surface area contributed by atoms with E-state index < -0.39 is 43.2 Å². The van der Waals surface area contributed by atoms with Gasteiger partial charge in [-0.25, -0.2) is 4.79 Å². The normalized spacial score (nSPS) is 31.1. The van der Waals surface area contributed by atoms with Gasteiger partial charge < -0.3 is 24.8 Å². The van der Waals surface area contributed by atoms with Crippen LogP contribution in [0.4, 0.5) is 0 Å². The molecule has 0 amide bonds. The molecule has 0 radical (unpaired) electrons. The van der Waals surface area contributed by atoms with Gasteiger partial charge in [-0.3, -0.25) is 0 Å². The van der Waals surface area contributed by atoms with Gasteiger partial charge in [-0.05, 0) is 17.7 Å². The number of azide groups is 1. The number of benzene rings is 1. The van der Waals surface area contributed by atoms with Crippen molar-refractivity contribution in [2.45, 2.75) is 30.6 Å². The highest BCUT2D eigenvalue weighted by molar-refractivity contribution is 5.89. The lowest BCUT2D eigenvalue weighted by Gasteiger charge is -2.39. The molecule has 2 unspecified atom stereocenters. The monoisotopic (exact) mass is 309 g/mol. The van der Waals surface area contributed by atoms with Crippen molar-refractivity contribution < 1.29 is 29.6 Å². The molecular weight excluding hydrogens is 294 g/mol. The number of aliphatic hydroxyl groups is 3. The maximum atomic E-state index is 12.0. The van der Waals surface area contributed by atoms with Crippen molar-refractivity contribution in [1.29, 1.82) is 0 Å². The third kappa shape index (κ3) is 3.35. The van der Waals surface area contributed by atoms with Gasteiger partial charge in [-0.15, -0.1) is 0 Å². The van der Waals surface area contributed by atoms with Crippen LogP contribution in [0.5, 0.6) is 0 Å². The molecular formula is C13H15N3O6. The molecule has 1 fully saturated rings. The molecule has 1 saturated heterocycles. The van der Waals surface area contributed by atoms with E-state index in [9.17, 15) is 15.0 Å². The van der Waals surface area contributed by atoms with E-state index >= 15 is 0 Å². The molecule has 5 atom stereocenters. The van der Waals surface area contributed by atoms with Crippen LogP contribution in [0.3, 0.4) is 0 Å². The summed E-state index contributed by atoms with van der Waals surface area (Å²) >= 11 is 0. The van der Waals surface area contributed by atoms with Gasteiger partial charge in [0.25, 0.3) is 0 Å². The van der Waals surface area contributed by atoms with Crippen LogP contribution in [0, 0.1) is 0 Å². The highest BCUT2D eigenvalue weighted by Crippen LogP contribution is 2.25. The van der Waals surface area contributed by atoms with Crippen molar-refractivity contribution in [3.63, 3.8) is 0 Å². The molecule has 1 aliphatic heterocycles. The topological polar surface area (TPSA) is 145 Å². The third-order valence-electron chi connectivity index (χ3n) is 3.26. The zero-order chi connectivity index (χ0) is 16.1. The maximum Gasteiger partial charge on any atom is 0.338 e. The van der Waals surface area contributed by atoms with Crippen molar-refractivity contribution in [2.75, 3.05) is 6.61 Å². The lowest BCUT2D eigenvalue weighted by atomic mass is 9.98. The number of carbonyl (C=O) groups is 1. The molecule has 0 aromatic heterocycles. The zero-order valence-corrected chi connectivity index (χ0v) is 11.4. The van der Waals surface area contributed by atoms with Gasteiger partial charge in [0.2, 0.25) is 0 Å². The van der Waals surface area contributed by atoms with Gasteiger partial charge in [0, 0.05) is 4.91 Å². The van der Waals surface area contributed by atoms with Crippen LogP contribution in [0.2, 0.25) is 0 Å². The van der Waals surface area contributed by atoms with Gasteiger partial charge in [0.1, 0.15) is 18.3 Å². The molecule has 1 aromatic carbocycles. The zero-order valence-electron chi connectivity index (χ0n) is 11.4. The quantitative estimate of drug-likeness (QED) is 0.308. The number of hydrogen-bond acceptors (Lipinski definition) is 7. The van der Waals surface area contributed by atoms with E-state index in [4.69, 9.17) is 20.1 Å². The van der Waals surface area contributed by atoms with Crippen LogP contribution in [0.1, 0.15) is 10.4 Å². The Balaban J connectivity index is 2.18. The molecule has 0 aliphatic carbocycles. The van der Waals surface area contributed by atoms with Gasteiger partial charge in [-0.1, -0.05) is 23.3 Å². The molecule has 0 bridgehead atoms. The minimum absolute atomic E-state index is 0.230. The van der Waals surface area contributed by atoms with E-state index in [1.807, 2.05) is 0 Å². The number of hydrogen-bond donors (Lipinski definition) is 3. The van der Waals surface area contributed by atoms with E-state index in [-0.39, 0.29) is 5.56 Å². The van der Waals surface area contributed by atoms with Gasteiger partial charge in [0.15, 0.2) is 12.3 Å². The minimum atomic E-state index is -1.56. The van der Waals surface area contributed by atoms with Crippen LogP contribution < -0.4 is 0 Å². The molecule has 2 rings (SSSR count). The van der Waals surface area contributed by atoms with Crippen LogP contribution in [-0.4, -0.2) is 58.5 Å². The summed E-state index contributed by atoms with van der Waals surface area (Å²) in [4.78, 5) is 14.6. The number of carbonyl (C=O) groups excluding carboxylic acids is 1. The first-order valence-corrected chi connectivity index (χ1v) is 6.51. The largest absolute Gasteiger partial charge is 0.453 e. The summed E-state index contributed by atoms with van der Waals surface area (Å²) in [6, 6.07) is 7.99. The summed E-state index contributed by atoms with van der Waals surface area (Å²) in [6.45, 7) is -0.588. The van der Waals surface area contributed by atoms with Crippen molar-refractivity contribution in [2.24, 2.45) is 5.11 Å². The Labute approximate surface area is 125 Å². The molecule has 1 heterocycles. The van der Waals surface area contributed by atoms with Crippen LogP contribution >= 0.6 is 0 Å². The highest BCUT2D eigenvalue weighted by Gasteiger charge is 2.46. The fourth-order valence-electron chi connectivity index (χ4n) is 2.11. The van der Waals surface area contributed by atoms with E-state index in [0.717, 1.165) is 0 Å². The van der Waals surface area contributed by atoms with Gasteiger partial charge in [-0.2, -0.15) is 0 Å². The van der Waals surface area contributed by atoms with Crippen molar-refractivity contribution in [1.82, 2.24) is 0 Å². The molecule has 22 heavy (non-hydrogen) atoms. The summed E-state index contributed by atoms with van der Waals surface area (Å²) < 4.78 is 10.2. The Morgan fingerprint density at radius 2 is 2.00 bits per heavy atom. The summed E-state index contributed by atoms with van der Waals surface area (Å²) in [5.41, 5.74) is 8.76. The second-order valence-corrected chi connectivity index (χ2v) is 4.67. The van der Waals surface area contributed by atoms with Crippen molar-refractivity contribution in [3.8, 4) is 0 Å². The lowest BCUT2D eigenvalue weighted by Crippen LogP contribution is -2.59. The molecule has 9 heteroatoms. The van der Waals surface area contributed by atoms with Crippen LogP contribution in [0.25, 0.3) is 10.4 Å². The molecule has 3 N–H and O–H groups in total. The molecule has 118 valence electrons. The van der Waals surface area contributed by atoms with Crippen molar-refractivity contribution in [3.05, 3.63) is 46.3 Å². The Morgan fingerprint density at radius 3 is 2.59 bits per heavy atom. The maximum absolute atomic E-state index is 12.0. The first-order valence-electron chi connectivity index (χ1n) is 6.51. The minimum Gasteiger partial charge on any atom is -0.453 e. The standard InChI is InChI=1S/C13H15N3O6/c14-16-15-12-11(10(19)9(18)8(6-17)21-12)22-13(20)7-4-2-1-3-5-7/h1-5,8-12,17-19H,6H2/t8?,9-,10-,11?,12+/m0/s1.